The molecule has 0 heterocycles. The average molecular weight is 491 g/mol. The Bertz CT molecular complexity index is 1230. The highest BCUT2D eigenvalue weighted by molar-refractivity contribution is 7.92. The fourth-order valence-electron chi connectivity index (χ4n) is 3.48. The quantitative estimate of drug-likeness (QED) is 0.462. The topological polar surface area (TPSA) is 66.5 Å². The monoisotopic (exact) mass is 490 g/mol. The predicted octanol–water partition coefficient (Wildman–Crippen LogP) is 5.68. The summed E-state index contributed by atoms with van der Waals surface area (Å²) in [7, 11) is -4.02. The van der Waals surface area contributed by atoms with Crippen molar-refractivity contribution in [2.45, 2.75) is 31.7 Å². The second-order valence-electron chi connectivity index (χ2n) is 7.57. The third kappa shape index (κ3) is 5.44. The first kappa shape index (κ1) is 24.1. The van der Waals surface area contributed by atoms with Crippen LogP contribution in [0.5, 0.6) is 0 Å². The maximum Gasteiger partial charge on any atom is 0.264 e. The Hall–Kier alpha value is -2.54. The largest absolute Gasteiger partial charge is 0.348 e. The number of halogens is 2. The second-order valence-corrected chi connectivity index (χ2v) is 10.2. The molecule has 1 atom stereocenters. The van der Waals surface area contributed by atoms with Gasteiger partial charge in [-0.05, 0) is 62.2 Å². The van der Waals surface area contributed by atoms with Crippen LogP contribution in [-0.4, -0.2) is 20.9 Å². The molecule has 0 aliphatic rings. The molecule has 3 rings (SSSR count). The molecule has 0 saturated carbocycles. The van der Waals surface area contributed by atoms with Crippen molar-refractivity contribution in [2.24, 2.45) is 0 Å². The van der Waals surface area contributed by atoms with E-state index in [1.54, 1.807) is 18.2 Å². The molecular weight excluding hydrogens is 467 g/mol. The van der Waals surface area contributed by atoms with Gasteiger partial charge in [0.15, 0.2) is 0 Å². The number of rotatable bonds is 7. The van der Waals surface area contributed by atoms with Crippen molar-refractivity contribution in [3.63, 3.8) is 0 Å². The number of amides is 1. The highest BCUT2D eigenvalue weighted by Gasteiger charge is 2.28. The van der Waals surface area contributed by atoms with E-state index < -0.39 is 22.5 Å². The fourth-order valence-corrected chi connectivity index (χ4v) is 5.21. The smallest absolute Gasteiger partial charge is 0.264 e. The lowest BCUT2D eigenvalue weighted by atomic mass is 10.0. The zero-order chi connectivity index (χ0) is 23.5. The SMILES string of the molecule is Cc1ccc([C@@H](C)NC(=O)CN(c2ccc(Cl)c(Cl)c2)S(=O)(=O)c2ccccc2)c(C)c1. The Kier molecular flexibility index (Phi) is 7.49. The van der Waals surface area contributed by atoms with Crippen LogP contribution in [0.1, 0.15) is 29.7 Å². The summed E-state index contributed by atoms with van der Waals surface area (Å²) < 4.78 is 27.8. The van der Waals surface area contributed by atoms with Crippen LogP contribution in [0.3, 0.4) is 0 Å². The van der Waals surface area contributed by atoms with Gasteiger partial charge in [-0.1, -0.05) is 65.2 Å². The van der Waals surface area contributed by atoms with Gasteiger partial charge in [-0.3, -0.25) is 9.10 Å². The van der Waals surface area contributed by atoms with E-state index in [9.17, 15) is 13.2 Å². The summed E-state index contributed by atoms with van der Waals surface area (Å²) in [5.74, 6) is -0.442. The van der Waals surface area contributed by atoms with E-state index in [1.807, 2.05) is 39.0 Å². The van der Waals surface area contributed by atoms with Crippen molar-refractivity contribution in [1.29, 1.82) is 0 Å². The van der Waals surface area contributed by atoms with E-state index in [0.29, 0.717) is 5.02 Å². The minimum absolute atomic E-state index is 0.0706. The number of hydrogen-bond acceptors (Lipinski definition) is 3. The zero-order valence-corrected chi connectivity index (χ0v) is 20.3. The summed E-state index contributed by atoms with van der Waals surface area (Å²) >= 11 is 12.1. The molecule has 0 bridgehead atoms. The maximum absolute atomic E-state index is 13.4. The molecule has 0 aliphatic heterocycles. The molecule has 5 nitrogen and oxygen atoms in total. The number of benzene rings is 3. The van der Waals surface area contributed by atoms with Gasteiger partial charge in [0.05, 0.1) is 26.7 Å². The van der Waals surface area contributed by atoms with E-state index in [0.717, 1.165) is 21.0 Å². The Morgan fingerprint density at radius 1 is 0.969 bits per heavy atom. The van der Waals surface area contributed by atoms with E-state index in [4.69, 9.17) is 23.2 Å². The van der Waals surface area contributed by atoms with Gasteiger partial charge >= 0.3 is 0 Å². The lowest BCUT2D eigenvalue weighted by Gasteiger charge is -2.25. The summed E-state index contributed by atoms with van der Waals surface area (Å²) in [6.07, 6.45) is 0. The highest BCUT2D eigenvalue weighted by Crippen LogP contribution is 2.30. The molecule has 0 radical (unpaired) electrons. The number of anilines is 1. The Labute approximate surface area is 199 Å². The van der Waals surface area contributed by atoms with Crippen LogP contribution in [0.2, 0.25) is 10.0 Å². The molecule has 168 valence electrons. The minimum atomic E-state index is -4.02. The molecule has 0 fully saturated rings. The lowest BCUT2D eigenvalue weighted by molar-refractivity contribution is -0.120. The summed E-state index contributed by atoms with van der Waals surface area (Å²) in [5, 5.41) is 3.39. The molecule has 1 N–H and O–H groups in total. The fraction of sp³-hybridized carbons (Fsp3) is 0.208. The van der Waals surface area contributed by atoms with Crippen molar-refractivity contribution in [1.82, 2.24) is 5.32 Å². The van der Waals surface area contributed by atoms with Crippen molar-refractivity contribution >= 4 is 44.8 Å². The van der Waals surface area contributed by atoms with Gasteiger partial charge in [0, 0.05) is 0 Å². The van der Waals surface area contributed by atoms with E-state index >= 15 is 0 Å². The van der Waals surface area contributed by atoms with Crippen molar-refractivity contribution in [2.75, 3.05) is 10.8 Å². The van der Waals surface area contributed by atoms with E-state index in [-0.39, 0.29) is 21.6 Å². The van der Waals surface area contributed by atoms with Crippen molar-refractivity contribution in [3.05, 3.63) is 93.5 Å². The lowest BCUT2D eigenvalue weighted by Crippen LogP contribution is -2.41. The van der Waals surface area contributed by atoms with Crippen LogP contribution >= 0.6 is 23.2 Å². The zero-order valence-electron chi connectivity index (χ0n) is 18.0. The number of carbonyl (C=O) groups is 1. The highest BCUT2D eigenvalue weighted by atomic mass is 35.5. The molecular formula is C24H24Cl2N2O3S. The average Bonchev–Trinajstić information content (AvgIpc) is 2.74. The molecule has 32 heavy (non-hydrogen) atoms. The van der Waals surface area contributed by atoms with Gasteiger partial charge in [-0.25, -0.2) is 8.42 Å². The number of carbonyl (C=O) groups excluding carboxylic acids is 1. The first-order chi connectivity index (χ1) is 15.1. The number of nitrogens with zero attached hydrogens (tertiary/aromatic N) is 1. The maximum atomic E-state index is 13.4. The Morgan fingerprint density at radius 2 is 1.66 bits per heavy atom. The number of nitrogens with one attached hydrogen (secondary N) is 1. The summed E-state index contributed by atoms with van der Waals surface area (Å²) in [6.45, 7) is 5.44. The summed E-state index contributed by atoms with van der Waals surface area (Å²) in [6, 6.07) is 18.1. The number of aryl methyl sites for hydroxylation is 2. The Morgan fingerprint density at radius 3 is 2.28 bits per heavy atom. The number of sulfonamides is 1. The third-order valence-corrected chi connectivity index (χ3v) is 7.61. The van der Waals surface area contributed by atoms with Crippen LogP contribution in [0.15, 0.2) is 71.6 Å². The molecule has 3 aromatic carbocycles. The molecule has 0 aromatic heterocycles. The number of hydrogen-bond donors (Lipinski definition) is 1. The van der Waals surface area contributed by atoms with Crippen LogP contribution in [0.4, 0.5) is 5.69 Å². The molecule has 0 aliphatic carbocycles. The molecule has 0 saturated heterocycles. The standard InChI is InChI=1S/C24H24Cl2N2O3S/c1-16-9-11-21(17(2)13-16)18(3)27-24(29)15-28(19-10-12-22(25)23(26)14-19)32(30,31)20-7-5-4-6-8-20/h4-14,18H,15H2,1-3H3,(H,27,29)/t18-/m1/s1. The van der Waals surface area contributed by atoms with E-state index in [2.05, 4.69) is 5.32 Å². The summed E-state index contributed by atoms with van der Waals surface area (Å²) in [5.41, 5.74) is 3.40. The molecule has 0 unspecified atom stereocenters. The second kappa shape index (κ2) is 9.94. The van der Waals surface area contributed by atoms with Crippen molar-refractivity contribution in [3.8, 4) is 0 Å². The molecule has 3 aromatic rings. The molecule has 8 heteroatoms. The minimum Gasteiger partial charge on any atom is -0.348 e. The normalized spacial score (nSPS) is 12.3. The van der Waals surface area contributed by atoms with Crippen LogP contribution in [0.25, 0.3) is 0 Å². The van der Waals surface area contributed by atoms with Crippen LogP contribution in [-0.2, 0) is 14.8 Å². The third-order valence-electron chi connectivity index (χ3n) is 5.08. The van der Waals surface area contributed by atoms with Crippen LogP contribution < -0.4 is 9.62 Å². The summed E-state index contributed by atoms with van der Waals surface area (Å²) in [4.78, 5) is 13.0. The first-order valence-corrected chi connectivity index (χ1v) is 12.2. The first-order valence-electron chi connectivity index (χ1n) is 9.99. The van der Waals surface area contributed by atoms with Crippen LogP contribution in [0, 0.1) is 13.8 Å². The van der Waals surface area contributed by atoms with Crippen molar-refractivity contribution < 1.29 is 13.2 Å². The van der Waals surface area contributed by atoms with Gasteiger partial charge in [0.2, 0.25) is 5.91 Å². The van der Waals surface area contributed by atoms with E-state index in [1.165, 1.54) is 30.3 Å². The van der Waals surface area contributed by atoms with Gasteiger partial charge in [0.1, 0.15) is 6.54 Å². The Balaban J connectivity index is 1.91. The van der Waals surface area contributed by atoms with Gasteiger partial charge in [0.25, 0.3) is 10.0 Å². The molecule has 0 spiro atoms. The van der Waals surface area contributed by atoms with Gasteiger partial charge in [-0.2, -0.15) is 0 Å². The van der Waals surface area contributed by atoms with Gasteiger partial charge < -0.3 is 5.32 Å². The molecule has 1 amide bonds. The predicted molar refractivity (Wildman–Crippen MR) is 130 cm³/mol. The van der Waals surface area contributed by atoms with Gasteiger partial charge in [-0.15, -0.1) is 0 Å².